The number of aliphatic hydroxyl groups excluding tert-OH is 1. The van der Waals surface area contributed by atoms with Crippen molar-refractivity contribution in [2.24, 2.45) is 0 Å². The van der Waals surface area contributed by atoms with Gasteiger partial charge >= 0.3 is 6.18 Å². The van der Waals surface area contributed by atoms with E-state index in [1.54, 1.807) is 0 Å². The zero-order chi connectivity index (χ0) is 8.48. The molecule has 0 aromatic rings. The second-order valence-corrected chi connectivity index (χ2v) is 2.19. The maximum atomic E-state index is 11.7. The van der Waals surface area contributed by atoms with Gasteiger partial charge < -0.3 is 9.84 Å². The summed E-state index contributed by atoms with van der Waals surface area (Å²) >= 11 is 0. The van der Waals surface area contributed by atoms with E-state index in [0.717, 1.165) is 0 Å². The second-order valence-electron chi connectivity index (χ2n) is 2.19. The summed E-state index contributed by atoms with van der Waals surface area (Å²) in [5.41, 5.74) is 0. The van der Waals surface area contributed by atoms with Crippen LogP contribution in [0.15, 0.2) is 11.8 Å². The lowest BCUT2D eigenvalue weighted by molar-refractivity contribution is -0.200. The highest BCUT2D eigenvalue weighted by Gasteiger charge is 2.42. The van der Waals surface area contributed by atoms with Gasteiger partial charge in [0.1, 0.15) is 5.76 Å². The van der Waals surface area contributed by atoms with Gasteiger partial charge in [0, 0.05) is 6.42 Å². The van der Waals surface area contributed by atoms with Crippen molar-refractivity contribution in [2.45, 2.75) is 18.7 Å². The SMILES string of the molecule is OC(C1=CCCO1)C(F)(F)F. The van der Waals surface area contributed by atoms with Crippen LogP contribution >= 0.6 is 0 Å². The molecule has 1 aliphatic rings. The molecule has 0 aliphatic carbocycles. The van der Waals surface area contributed by atoms with Crippen LogP contribution in [0, 0.1) is 0 Å². The number of ether oxygens (including phenoxy) is 1. The zero-order valence-corrected chi connectivity index (χ0v) is 5.56. The molecule has 0 aromatic heterocycles. The van der Waals surface area contributed by atoms with Crippen molar-refractivity contribution in [3.8, 4) is 0 Å². The van der Waals surface area contributed by atoms with Crippen molar-refractivity contribution < 1.29 is 23.0 Å². The van der Waals surface area contributed by atoms with Crippen LogP contribution in [-0.4, -0.2) is 24.0 Å². The average Bonchev–Trinajstić information content (AvgIpc) is 2.34. The molecule has 5 heteroatoms. The molecular formula is C6H7F3O2. The quantitative estimate of drug-likeness (QED) is 0.637. The lowest BCUT2D eigenvalue weighted by Gasteiger charge is -2.14. The van der Waals surface area contributed by atoms with E-state index in [0.29, 0.717) is 6.42 Å². The monoisotopic (exact) mass is 168 g/mol. The van der Waals surface area contributed by atoms with Gasteiger partial charge in [-0.2, -0.15) is 13.2 Å². The molecule has 1 aliphatic heterocycles. The van der Waals surface area contributed by atoms with Crippen LogP contribution in [0.4, 0.5) is 13.2 Å². The van der Waals surface area contributed by atoms with Gasteiger partial charge in [0.05, 0.1) is 6.61 Å². The van der Waals surface area contributed by atoms with Gasteiger partial charge in [-0.3, -0.25) is 0 Å². The van der Waals surface area contributed by atoms with Crippen LogP contribution in [0.1, 0.15) is 6.42 Å². The molecule has 0 saturated heterocycles. The Morgan fingerprint density at radius 1 is 1.55 bits per heavy atom. The van der Waals surface area contributed by atoms with Gasteiger partial charge in [-0.1, -0.05) is 0 Å². The number of halogens is 3. The first-order valence-electron chi connectivity index (χ1n) is 3.09. The van der Waals surface area contributed by atoms with Crippen LogP contribution < -0.4 is 0 Å². The molecule has 64 valence electrons. The Labute approximate surface area is 61.3 Å². The van der Waals surface area contributed by atoms with Gasteiger partial charge in [0.2, 0.25) is 6.10 Å². The van der Waals surface area contributed by atoms with Crippen molar-refractivity contribution in [3.05, 3.63) is 11.8 Å². The third kappa shape index (κ3) is 1.86. The number of hydrogen-bond acceptors (Lipinski definition) is 2. The van der Waals surface area contributed by atoms with E-state index >= 15 is 0 Å². The molecule has 1 unspecified atom stereocenters. The first kappa shape index (κ1) is 8.39. The minimum atomic E-state index is -4.61. The van der Waals surface area contributed by atoms with E-state index in [1.165, 1.54) is 6.08 Å². The molecule has 2 nitrogen and oxygen atoms in total. The van der Waals surface area contributed by atoms with Crippen molar-refractivity contribution in [3.63, 3.8) is 0 Å². The second kappa shape index (κ2) is 2.73. The lowest BCUT2D eigenvalue weighted by atomic mass is 10.3. The predicted molar refractivity (Wildman–Crippen MR) is 30.7 cm³/mol. The Balaban J connectivity index is 2.60. The minimum Gasteiger partial charge on any atom is -0.495 e. The predicted octanol–water partition coefficient (Wildman–Crippen LogP) is 1.21. The van der Waals surface area contributed by atoms with Gasteiger partial charge in [-0.25, -0.2) is 0 Å². The molecule has 1 rings (SSSR count). The first-order chi connectivity index (χ1) is 5.02. The molecule has 1 N–H and O–H groups in total. The van der Waals surface area contributed by atoms with E-state index in [-0.39, 0.29) is 12.4 Å². The van der Waals surface area contributed by atoms with Crippen LogP contribution in [0.3, 0.4) is 0 Å². The fourth-order valence-corrected chi connectivity index (χ4v) is 0.789. The Hall–Kier alpha value is -0.710. The standard InChI is InChI=1S/C6H7F3O2/c7-6(8,9)5(10)4-2-1-3-11-4/h2,5,10H,1,3H2. The highest BCUT2D eigenvalue weighted by atomic mass is 19.4. The van der Waals surface area contributed by atoms with Gasteiger partial charge in [-0.05, 0) is 6.08 Å². The van der Waals surface area contributed by atoms with Crippen LogP contribution in [0.25, 0.3) is 0 Å². The molecule has 11 heavy (non-hydrogen) atoms. The topological polar surface area (TPSA) is 29.5 Å². The zero-order valence-electron chi connectivity index (χ0n) is 5.56. The van der Waals surface area contributed by atoms with Crippen LogP contribution in [-0.2, 0) is 4.74 Å². The van der Waals surface area contributed by atoms with Crippen molar-refractivity contribution in [2.75, 3.05) is 6.61 Å². The molecule has 0 bridgehead atoms. The third-order valence-corrected chi connectivity index (χ3v) is 1.31. The highest BCUT2D eigenvalue weighted by molar-refractivity contribution is 5.06. The summed E-state index contributed by atoms with van der Waals surface area (Å²) in [7, 11) is 0. The molecule has 0 saturated carbocycles. The molecule has 1 atom stereocenters. The summed E-state index contributed by atoms with van der Waals surface area (Å²) in [6.07, 6.45) is -5.39. The Morgan fingerprint density at radius 2 is 2.18 bits per heavy atom. The summed E-state index contributed by atoms with van der Waals surface area (Å²) in [5, 5.41) is 8.57. The summed E-state index contributed by atoms with van der Waals surface area (Å²) in [4.78, 5) is 0. The van der Waals surface area contributed by atoms with Gasteiger partial charge in [-0.15, -0.1) is 0 Å². The summed E-state index contributed by atoms with van der Waals surface area (Å²) < 4.78 is 39.7. The normalized spacial score (nSPS) is 20.9. The van der Waals surface area contributed by atoms with Crippen molar-refractivity contribution in [1.82, 2.24) is 0 Å². The van der Waals surface area contributed by atoms with E-state index < -0.39 is 12.3 Å². The van der Waals surface area contributed by atoms with Crippen molar-refractivity contribution in [1.29, 1.82) is 0 Å². The van der Waals surface area contributed by atoms with E-state index in [2.05, 4.69) is 4.74 Å². The van der Waals surface area contributed by atoms with Crippen molar-refractivity contribution >= 4 is 0 Å². The summed E-state index contributed by atoms with van der Waals surface area (Å²) in [6, 6.07) is 0. The number of alkyl halides is 3. The fourth-order valence-electron chi connectivity index (χ4n) is 0.789. The minimum absolute atomic E-state index is 0.225. The summed E-state index contributed by atoms with van der Waals surface area (Å²) in [6.45, 7) is 0.225. The largest absolute Gasteiger partial charge is 0.495 e. The third-order valence-electron chi connectivity index (χ3n) is 1.31. The Bertz CT molecular complexity index is 173. The van der Waals surface area contributed by atoms with E-state index in [4.69, 9.17) is 5.11 Å². The fraction of sp³-hybridized carbons (Fsp3) is 0.667. The van der Waals surface area contributed by atoms with Crippen LogP contribution in [0.5, 0.6) is 0 Å². The molecule has 0 radical (unpaired) electrons. The number of aliphatic hydroxyl groups is 1. The maximum Gasteiger partial charge on any atom is 0.421 e. The summed E-state index contributed by atoms with van der Waals surface area (Å²) in [5.74, 6) is -0.377. The number of hydrogen-bond donors (Lipinski definition) is 1. The molecule has 0 fully saturated rings. The van der Waals surface area contributed by atoms with Crippen LogP contribution in [0.2, 0.25) is 0 Å². The highest BCUT2D eigenvalue weighted by Crippen LogP contribution is 2.27. The van der Waals surface area contributed by atoms with E-state index in [9.17, 15) is 13.2 Å². The molecular weight excluding hydrogens is 161 g/mol. The Kier molecular flexibility index (Phi) is 2.08. The molecule has 1 heterocycles. The molecule has 0 aromatic carbocycles. The van der Waals surface area contributed by atoms with Gasteiger partial charge in [0.15, 0.2) is 0 Å². The lowest BCUT2D eigenvalue weighted by Crippen LogP contribution is -2.30. The smallest absolute Gasteiger partial charge is 0.421 e. The molecule has 0 spiro atoms. The average molecular weight is 168 g/mol. The van der Waals surface area contributed by atoms with E-state index in [1.807, 2.05) is 0 Å². The first-order valence-corrected chi connectivity index (χ1v) is 3.09. The number of rotatable bonds is 1. The maximum absolute atomic E-state index is 11.7. The van der Waals surface area contributed by atoms with Gasteiger partial charge in [0.25, 0.3) is 0 Å². The Morgan fingerprint density at radius 3 is 2.55 bits per heavy atom. The molecule has 0 amide bonds.